The Kier molecular flexibility index (Phi) is 6.35. The Hall–Kier alpha value is -2.68. The van der Waals surface area contributed by atoms with E-state index in [0.717, 1.165) is 85.2 Å². The molecule has 0 spiro atoms. The van der Waals surface area contributed by atoms with Gasteiger partial charge in [-0.2, -0.15) is 0 Å². The van der Waals surface area contributed by atoms with Crippen LogP contribution in [0.1, 0.15) is 31.7 Å². The molecular formula is C27H31N3O4S. The molecule has 1 amide bonds. The van der Waals surface area contributed by atoms with Crippen LogP contribution in [0.4, 0.5) is 0 Å². The van der Waals surface area contributed by atoms with E-state index < -0.39 is 0 Å². The minimum absolute atomic E-state index is 0.0450. The van der Waals surface area contributed by atoms with Crippen LogP contribution in [-0.2, 0) is 16.1 Å². The van der Waals surface area contributed by atoms with Crippen molar-refractivity contribution < 1.29 is 19.0 Å². The van der Waals surface area contributed by atoms with E-state index in [1.54, 1.807) is 18.3 Å². The number of benzene rings is 2. The van der Waals surface area contributed by atoms with E-state index >= 15 is 0 Å². The second kappa shape index (κ2) is 9.76. The summed E-state index contributed by atoms with van der Waals surface area (Å²) in [5.41, 5.74) is 3.22. The maximum Gasteiger partial charge on any atom is 0.219 e. The molecule has 0 saturated carbocycles. The summed E-state index contributed by atoms with van der Waals surface area (Å²) < 4.78 is 19.5. The SMILES string of the molecule is CC(=O)N1CCC(N2CCOc3c(cc(-c4nc5ccccc5s4)cc3OC3CCOC3)C2)CC1. The van der Waals surface area contributed by atoms with Gasteiger partial charge in [0.2, 0.25) is 5.91 Å². The van der Waals surface area contributed by atoms with Crippen molar-refractivity contribution in [3.05, 3.63) is 42.0 Å². The van der Waals surface area contributed by atoms with E-state index in [2.05, 4.69) is 35.2 Å². The molecule has 3 aliphatic rings. The maximum atomic E-state index is 11.8. The van der Waals surface area contributed by atoms with Crippen molar-refractivity contribution in [2.24, 2.45) is 0 Å². The van der Waals surface area contributed by atoms with Gasteiger partial charge in [0.05, 0.1) is 23.4 Å². The van der Waals surface area contributed by atoms with Gasteiger partial charge in [0.15, 0.2) is 11.5 Å². The Balaban J connectivity index is 1.33. The molecule has 0 N–H and O–H groups in total. The van der Waals surface area contributed by atoms with Crippen LogP contribution in [0.15, 0.2) is 36.4 Å². The first-order valence-corrected chi connectivity index (χ1v) is 13.4. The Labute approximate surface area is 209 Å². The number of amides is 1. The van der Waals surface area contributed by atoms with Crippen LogP contribution < -0.4 is 9.47 Å². The Morgan fingerprint density at radius 3 is 2.74 bits per heavy atom. The fourth-order valence-corrected chi connectivity index (χ4v) is 6.31. The highest BCUT2D eigenvalue weighted by molar-refractivity contribution is 7.21. The molecule has 4 heterocycles. The molecule has 2 fully saturated rings. The summed E-state index contributed by atoms with van der Waals surface area (Å²) in [6.07, 6.45) is 2.93. The molecule has 0 aliphatic carbocycles. The average molecular weight is 494 g/mol. The number of carbonyl (C=O) groups excluding carboxylic acids is 1. The largest absolute Gasteiger partial charge is 0.488 e. The number of ether oxygens (including phenoxy) is 3. The number of hydrogen-bond donors (Lipinski definition) is 0. The van der Waals surface area contributed by atoms with Crippen molar-refractivity contribution in [2.75, 3.05) is 39.5 Å². The third-order valence-corrected chi connectivity index (χ3v) is 8.36. The average Bonchev–Trinajstić information content (AvgIpc) is 3.49. The molecule has 6 rings (SSSR count). The molecule has 184 valence electrons. The number of para-hydroxylation sites is 1. The first-order chi connectivity index (χ1) is 17.1. The molecule has 1 atom stereocenters. The highest BCUT2D eigenvalue weighted by Gasteiger charge is 2.30. The summed E-state index contributed by atoms with van der Waals surface area (Å²) in [7, 11) is 0. The zero-order chi connectivity index (χ0) is 23.8. The van der Waals surface area contributed by atoms with Gasteiger partial charge >= 0.3 is 0 Å². The standard InChI is InChI=1S/C27H31N3O4S/c1-18(31)29-9-6-21(7-10-29)30-11-13-33-26-20(16-30)14-19(15-24(26)34-22-8-12-32-17-22)27-28-23-4-2-3-5-25(23)35-27/h2-5,14-15,21-22H,6-13,16-17H2,1H3. The van der Waals surface area contributed by atoms with E-state index in [4.69, 9.17) is 19.2 Å². The summed E-state index contributed by atoms with van der Waals surface area (Å²) in [6, 6.07) is 13.0. The van der Waals surface area contributed by atoms with Crippen molar-refractivity contribution in [3.63, 3.8) is 0 Å². The molecule has 7 nitrogen and oxygen atoms in total. The lowest BCUT2D eigenvalue weighted by Crippen LogP contribution is -2.46. The first kappa shape index (κ1) is 22.8. The van der Waals surface area contributed by atoms with Crippen LogP contribution in [-0.4, -0.2) is 72.3 Å². The monoisotopic (exact) mass is 493 g/mol. The minimum Gasteiger partial charge on any atom is -0.488 e. The molecule has 1 aromatic heterocycles. The topological polar surface area (TPSA) is 64.1 Å². The number of rotatable bonds is 4. The van der Waals surface area contributed by atoms with E-state index in [1.807, 2.05) is 11.0 Å². The number of carbonyl (C=O) groups is 1. The Morgan fingerprint density at radius 2 is 1.97 bits per heavy atom. The maximum absolute atomic E-state index is 11.8. The quantitative estimate of drug-likeness (QED) is 0.539. The molecule has 3 aromatic rings. The van der Waals surface area contributed by atoms with Gasteiger partial charge in [-0.25, -0.2) is 4.98 Å². The van der Waals surface area contributed by atoms with Gasteiger partial charge in [-0.1, -0.05) is 12.1 Å². The normalized spacial score (nSPS) is 21.5. The molecule has 8 heteroatoms. The predicted octanol–water partition coefficient (Wildman–Crippen LogP) is 4.34. The van der Waals surface area contributed by atoms with Crippen LogP contribution in [0.5, 0.6) is 11.5 Å². The van der Waals surface area contributed by atoms with Gasteiger partial charge in [-0.05, 0) is 37.1 Å². The highest BCUT2D eigenvalue weighted by Crippen LogP contribution is 2.41. The Bertz CT molecular complexity index is 1180. The third-order valence-electron chi connectivity index (χ3n) is 7.28. The number of nitrogens with zero attached hydrogens (tertiary/aromatic N) is 3. The van der Waals surface area contributed by atoms with Crippen molar-refractivity contribution in [1.29, 1.82) is 0 Å². The van der Waals surface area contributed by atoms with Crippen molar-refractivity contribution in [1.82, 2.24) is 14.8 Å². The zero-order valence-corrected chi connectivity index (χ0v) is 20.9. The molecule has 1 unspecified atom stereocenters. The van der Waals surface area contributed by atoms with Gasteiger partial charge in [0, 0.05) is 56.7 Å². The van der Waals surface area contributed by atoms with Crippen LogP contribution >= 0.6 is 11.3 Å². The smallest absolute Gasteiger partial charge is 0.219 e. The van der Waals surface area contributed by atoms with Crippen LogP contribution in [0.2, 0.25) is 0 Å². The second-order valence-corrected chi connectivity index (χ2v) is 10.6. The van der Waals surface area contributed by atoms with Crippen LogP contribution in [0.3, 0.4) is 0 Å². The molecular weight excluding hydrogens is 462 g/mol. The number of likely N-dealkylation sites (tertiary alicyclic amines) is 1. The molecule has 2 saturated heterocycles. The lowest BCUT2D eigenvalue weighted by molar-refractivity contribution is -0.130. The number of fused-ring (bicyclic) bond motifs is 2. The Morgan fingerprint density at radius 1 is 1.11 bits per heavy atom. The molecule has 0 radical (unpaired) electrons. The highest BCUT2D eigenvalue weighted by atomic mass is 32.1. The summed E-state index contributed by atoms with van der Waals surface area (Å²) in [6.45, 7) is 6.95. The van der Waals surface area contributed by atoms with Crippen molar-refractivity contribution in [3.8, 4) is 22.1 Å². The van der Waals surface area contributed by atoms with E-state index in [1.165, 1.54) is 4.70 Å². The van der Waals surface area contributed by atoms with Gasteiger partial charge in [0.25, 0.3) is 0 Å². The van der Waals surface area contributed by atoms with E-state index in [0.29, 0.717) is 19.3 Å². The number of aromatic nitrogens is 1. The van der Waals surface area contributed by atoms with Crippen LogP contribution in [0, 0.1) is 0 Å². The number of piperidine rings is 1. The lowest BCUT2D eigenvalue weighted by Gasteiger charge is -2.37. The van der Waals surface area contributed by atoms with Crippen molar-refractivity contribution in [2.45, 2.75) is 44.9 Å². The summed E-state index contributed by atoms with van der Waals surface area (Å²) >= 11 is 1.71. The number of thiazole rings is 1. The van der Waals surface area contributed by atoms with E-state index in [9.17, 15) is 4.79 Å². The molecule has 0 bridgehead atoms. The summed E-state index contributed by atoms with van der Waals surface area (Å²) in [4.78, 5) is 21.2. The fourth-order valence-electron chi connectivity index (χ4n) is 5.35. The van der Waals surface area contributed by atoms with Gasteiger partial charge in [-0.3, -0.25) is 9.69 Å². The zero-order valence-electron chi connectivity index (χ0n) is 20.1. The van der Waals surface area contributed by atoms with Gasteiger partial charge < -0.3 is 19.1 Å². The summed E-state index contributed by atoms with van der Waals surface area (Å²) in [5.74, 6) is 1.82. The fraction of sp³-hybridized carbons (Fsp3) is 0.481. The first-order valence-electron chi connectivity index (χ1n) is 12.5. The van der Waals surface area contributed by atoms with E-state index in [-0.39, 0.29) is 12.0 Å². The summed E-state index contributed by atoms with van der Waals surface area (Å²) in [5, 5.41) is 0.993. The van der Waals surface area contributed by atoms with Gasteiger partial charge in [-0.15, -0.1) is 11.3 Å². The lowest BCUT2D eigenvalue weighted by atomic mass is 10.0. The minimum atomic E-state index is 0.0450. The molecule has 3 aliphatic heterocycles. The molecule has 35 heavy (non-hydrogen) atoms. The van der Waals surface area contributed by atoms with Crippen molar-refractivity contribution >= 4 is 27.5 Å². The molecule has 2 aromatic carbocycles. The number of hydrogen-bond acceptors (Lipinski definition) is 7. The van der Waals surface area contributed by atoms with Crippen LogP contribution in [0.25, 0.3) is 20.8 Å². The predicted molar refractivity (Wildman–Crippen MR) is 136 cm³/mol. The third kappa shape index (κ3) is 4.75. The second-order valence-electron chi connectivity index (χ2n) is 9.61. The van der Waals surface area contributed by atoms with Gasteiger partial charge in [0.1, 0.15) is 17.7 Å².